The molecular weight excluding hydrogens is 220 g/mol. The number of hydrogen-bond acceptors (Lipinski definition) is 1. The maximum Gasteiger partial charge on any atom is 0.0217 e. The van der Waals surface area contributed by atoms with Gasteiger partial charge in [0.25, 0.3) is 0 Å². The summed E-state index contributed by atoms with van der Waals surface area (Å²) >= 11 is 0. The first-order valence-electron chi connectivity index (χ1n) is 5.91. The lowest BCUT2D eigenvalue weighted by Gasteiger charge is -2.42. The molecule has 0 spiro atoms. The van der Waals surface area contributed by atoms with E-state index in [1.165, 1.54) is 13.0 Å². The van der Waals surface area contributed by atoms with Gasteiger partial charge in [-0.3, -0.25) is 4.67 Å². The average molecular weight is 247 g/mol. The van der Waals surface area contributed by atoms with Crippen LogP contribution in [0.4, 0.5) is 0 Å². The second-order valence-corrected chi connectivity index (χ2v) is 8.50. The van der Waals surface area contributed by atoms with E-state index in [1.807, 2.05) is 0 Å². The molecule has 0 aliphatic carbocycles. The van der Waals surface area contributed by atoms with Gasteiger partial charge >= 0.3 is 0 Å². The molecule has 3 heteroatoms. The first-order valence-corrected chi connectivity index (χ1v) is 8.66. The SMILES string of the molecule is CC(C)(C)C1CCN(PP)C1C(C)(C)C. The molecule has 1 nitrogen and oxygen atoms in total. The van der Waals surface area contributed by atoms with Crippen LogP contribution in [-0.2, 0) is 0 Å². The van der Waals surface area contributed by atoms with Gasteiger partial charge in [-0.05, 0) is 31.6 Å². The van der Waals surface area contributed by atoms with Gasteiger partial charge in [-0.2, -0.15) is 0 Å². The molecule has 0 aromatic heterocycles. The molecule has 1 heterocycles. The van der Waals surface area contributed by atoms with Crippen LogP contribution in [0, 0.1) is 16.7 Å². The fraction of sp³-hybridized carbons (Fsp3) is 1.00. The maximum atomic E-state index is 2.92. The van der Waals surface area contributed by atoms with Crippen LogP contribution in [0.2, 0.25) is 0 Å². The predicted octanol–water partition coefficient (Wildman–Crippen LogP) is 4.15. The van der Waals surface area contributed by atoms with Gasteiger partial charge in [0.05, 0.1) is 0 Å². The molecule has 90 valence electrons. The van der Waals surface area contributed by atoms with E-state index < -0.39 is 0 Å². The highest BCUT2D eigenvalue weighted by atomic mass is 32.0. The monoisotopic (exact) mass is 247 g/mol. The van der Waals surface area contributed by atoms with Gasteiger partial charge in [0.15, 0.2) is 0 Å². The molecule has 1 rings (SSSR count). The first kappa shape index (κ1) is 13.9. The minimum atomic E-state index is 0.401. The summed E-state index contributed by atoms with van der Waals surface area (Å²) < 4.78 is 2.67. The van der Waals surface area contributed by atoms with Crippen molar-refractivity contribution in [1.82, 2.24) is 4.67 Å². The van der Waals surface area contributed by atoms with E-state index >= 15 is 0 Å². The molecule has 0 N–H and O–H groups in total. The van der Waals surface area contributed by atoms with E-state index in [9.17, 15) is 0 Å². The molecule has 0 saturated carbocycles. The third-order valence-corrected chi connectivity index (χ3v) is 5.39. The molecule has 4 atom stereocenters. The minimum Gasteiger partial charge on any atom is -0.277 e. The van der Waals surface area contributed by atoms with Crippen molar-refractivity contribution >= 4 is 17.3 Å². The summed E-state index contributed by atoms with van der Waals surface area (Å²) in [5.74, 6) is 0.838. The van der Waals surface area contributed by atoms with Crippen molar-refractivity contribution < 1.29 is 0 Å². The molecule has 0 aromatic rings. The fourth-order valence-corrected chi connectivity index (χ4v) is 4.77. The van der Waals surface area contributed by atoms with Gasteiger partial charge in [0.1, 0.15) is 0 Å². The highest BCUT2D eigenvalue weighted by Crippen LogP contribution is 2.50. The Bertz CT molecular complexity index is 215. The zero-order chi connectivity index (χ0) is 11.9. The van der Waals surface area contributed by atoms with E-state index in [-0.39, 0.29) is 0 Å². The van der Waals surface area contributed by atoms with Crippen LogP contribution in [0.3, 0.4) is 0 Å². The Balaban J connectivity index is 2.92. The van der Waals surface area contributed by atoms with Crippen molar-refractivity contribution in [3.8, 4) is 0 Å². The highest BCUT2D eigenvalue weighted by molar-refractivity contribution is 8.01. The van der Waals surface area contributed by atoms with Crippen LogP contribution in [-0.4, -0.2) is 17.3 Å². The molecular formula is C12H27NP2. The summed E-state index contributed by atoms with van der Waals surface area (Å²) in [5.41, 5.74) is 0.842. The van der Waals surface area contributed by atoms with Crippen LogP contribution in [0.25, 0.3) is 0 Å². The molecule has 4 unspecified atom stereocenters. The maximum absolute atomic E-state index is 2.92. The Morgan fingerprint density at radius 1 is 1.07 bits per heavy atom. The Morgan fingerprint density at radius 3 is 1.93 bits per heavy atom. The smallest absolute Gasteiger partial charge is 0.0217 e. The quantitative estimate of drug-likeness (QED) is 0.629. The Hall–Kier alpha value is 0.820. The van der Waals surface area contributed by atoms with Gasteiger partial charge in [0, 0.05) is 12.6 Å². The first-order chi connectivity index (χ1) is 6.68. The molecule has 0 aromatic carbocycles. The standard InChI is InChI=1S/C12H27NP2/c1-11(2,3)9-7-8-13(15-14)10(9)12(4,5)6/h9-10,15H,7-8,14H2,1-6H3. The average Bonchev–Trinajstić information content (AvgIpc) is 2.44. The lowest BCUT2D eigenvalue weighted by Crippen LogP contribution is -2.42. The number of hydrogen-bond donors (Lipinski definition) is 0. The van der Waals surface area contributed by atoms with E-state index in [0.717, 1.165) is 20.4 Å². The van der Waals surface area contributed by atoms with Crippen LogP contribution < -0.4 is 0 Å². The summed E-state index contributed by atoms with van der Waals surface area (Å²) in [6.45, 7) is 15.6. The Labute approximate surface area is 99.7 Å². The second kappa shape index (κ2) is 4.59. The van der Waals surface area contributed by atoms with Crippen molar-refractivity contribution in [3.05, 3.63) is 0 Å². The minimum absolute atomic E-state index is 0.401. The lowest BCUT2D eigenvalue weighted by atomic mass is 9.69. The Morgan fingerprint density at radius 2 is 1.60 bits per heavy atom. The number of nitrogens with zero attached hydrogens (tertiary/aromatic N) is 1. The van der Waals surface area contributed by atoms with Gasteiger partial charge in [0.2, 0.25) is 0 Å². The molecule has 0 radical (unpaired) electrons. The summed E-state index contributed by atoms with van der Waals surface area (Å²) in [5, 5.41) is 0. The van der Waals surface area contributed by atoms with Crippen molar-refractivity contribution in [2.75, 3.05) is 6.54 Å². The topological polar surface area (TPSA) is 3.24 Å². The van der Waals surface area contributed by atoms with E-state index in [2.05, 4.69) is 55.1 Å². The van der Waals surface area contributed by atoms with Crippen LogP contribution in [0.15, 0.2) is 0 Å². The van der Waals surface area contributed by atoms with Gasteiger partial charge in [-0.1, -0.05) is 50.5 Å². The second-order valence-electron chi connectivity index (χ2n) is 6.89. The van der Waals surface area contributed by atoms with Crippen molar-refractivity contribution in [2.45, 2.75) is 54.0 Å². The molecule has 15 heavy (non-hydrogen) atoms. The normalized spacial score (nSPS) is 30.6. The summed E-state index contributed by atoms with van der Waals surface area (Å²) in [7, 11) is 3.80. The third-order valence-electron chi connectivity index (χ3n) is 3.56. The van der Waals surface area contributed by atoms with Gasteiger partial charge in [-0.25, -0.2) is 0 Å². The third kappa shape index (κ3) is 3.15. The highest BCUT2D eigenvalue weighted by Gasteiger charge is 2.45. The lowest BCUT2D eigenvalue weighted by molar-refractivity contribution is 0.110. The molecule has 0 bridgehead atoms. The largest absolute Gasteiger partial charge is 0.277 e. The van der Waals surface area contributed by atoms with Crippen molar-refractivity contribution in [1.29, 1.82) is 0 Å². The Kier molecular flexibility index (Phi) is 4.25. The summed E-state index contributed by atoms with van der Waals surface area (Å²) in [6.07, 6.45) is 1.37. The molecule has 1 aliphatic rings. The zero-order valence-electron chi connectivity index (χ0n) is 11.1. The molecule has 0 amide bonds. The summed E-state index contributed by atoms with van der Waals surface area (Å²) in [6, 6.07) is 0.744. The van der Waals surface area contributed by atoms with E-state index in [1.54, 1.807) is 0 Å². The van der Waals surface area contributed by atoms with E-state index in [4.69, 9.17) is 0 Å². The zero-order valence-corrected chi connectivity index (χ0v) is 13.2. The van der Waals surface area contributed by atoms with Gasteiger partial charge in [-0.15, -0.1) is 0 Å². The van der Waals surface area contributed by atoms with E-state index in [0.29, 0.717) is 10.8 Å². The number of rotatable bonds is 1. The van der Waals surface area contributed by atoms with Crippen molar-refractivity contribution in [2.24, 2.45) is 16.7 Å². The molecule has 1 fully saturated rings. The van der Waals surface area contributed by atoms with Crippen LogP contribution in [0.5, 0.6) is 0 Å². The van der Waals surface area contributed by atoms with Crippen LogP contribution >= 0.6 is 17.3 Å². The van der Waals surface area contributed by atoms with Crippen LogP contribution in [0.1, 0.15) is 48.0 Å². The van der Waals surface area contributed by atoms with Crippen molar-refractivity contribution in [3.63, 3.8) is 0 Å². The fourth-order valence-electron chi connectivity index (χ4n) is 2.91. The predicted molar refractivity (Wildman–Crippen MR) is 75.5 cm³/mol. The molecule has 1 saturated heterocycles. The molecule has 1 aliphatic heterocycles. The summed E-state index contributed by atoms with van der Waals surface area (Å²) in [4.78, 5) is 0. The van der Waals surface area contributed by atoms with Gasteiger partial charge < -0.3 is 0 Å².